The molecule has 0 spiro atoms. The van der Waals surface area contributed by atoms with Gasteiger partial charge in [-0.05, 0) is 37.0 Å². The van der Waals surface area contributed by atoms with Gasteiger partial charge in [-0.1, -0.05) is 22.4 Å². The Hall–Kier alpha value is -1.03. The lowest BCUT2D eigenvalue weighted by Crippen LogP contribution is -2.21. The van der Waals surface area contributed by atoms with Crippen LogP contribution in [-0.2, 0) is 6.42 Å². The van der Waals surface area contributed by atoms with E-state index in [9.17, 15) is 4.79 Å². The Balaban J connectivity index is 2.06. The lowest BCUT2D eigenvalue weighted by Gasteiger charge is -2.23. The van der Waals surface area contributed by atoms with Gasteiger partial charge in [0.15, 0.2) is 17.3 Å². The van der Waals surface area contributed by atoms with Crippen LogP contribution >= 0.6 is 15.9 Å². The Kier molecular flexibility index (Phi) is 3.29. The molecule has 1 aliphatic heterocycles. The molecule has 0 bridgehead atoms. The zero-order valence-corrected chi connectivity index (χ0v) is 11.7. The number of hydrogen-bond acceptors (Lipinski definition) is 3. The number of ether oxygens (including phenoxy) is 2. The van der Waals surface area contributed by atoms with Gasteiger partial charge in [-0.15, -0.1) is 0 Å². The fraction of sp³-hybridized carbons (Fsp3) is 0.500. The van der Waals surface area contributed by atoms with Gasteiger partial charge in [-0.2, -0.15) is 0 Å². The Morgan fingerprint density at radius 2 is 1.83 bits per heavy atom. The molecule has 0 saturated carbocycles. The molecule has 0 saturated heterocycles. The Labute approximate surface area is 115 Å². The topological polar surface area (TPSA) is 35.5 Å². The minimum Gasteiger partial charge on any atom is -0.486 e. The minimum absolute atomic E-state index is 0.0703. The first-order valence-corrected chi connectivity index (χ1v) is 7.28. The average molecular weight is 311 g/mol. The number of benzene rings is 1. The van der Waals surface area contributed by atoms with Crippen LogP contribution in [0.4, 0.5) is 0 Å². The molecular weight excluding hydrogens is 296 g/mol. The summed E-state index contributed by atoms with van der Waals surface area (Å²) in [6, 6.07) is 3.83. The highest BCUT2D eigenvalue weighted by molar-refractivity contribution is 9.10. The fourth-order valence-electron chi connectivity index (χ4n) is 2.51. The van der Waals surface area contributed by atoms with Crippen LogP contribution in [0.25, 0.3) is 0 Å². The van der Waals surface area contributed by atoms with Crippen LogP contribution in [0.2, 0.25) is 0 Å². The third-order valence-electron chi connectivity index (χ3n) is 3.47. The molecule has 1 unspecified atom stereocenters. The number of fused-ring (bicyclic) bond motifs is 2. The zero-order chi connectivity index (χ0) is 12.5. The first-order chi connectivity index (χ1) is 8.75. The highest BCUT2D eigenvalue weighted by Crippen LogP contribution is 2.36. The van der Waals surface area contributed by atoms with Gasteiger partial charge in [0.25, 0.3) is 0 Å². The van der Waals surface area contributed by atoms with Gasteiger partial charge in [0.1, 0.15) is 13.2 Å². The van der Waals surface area contributed by atoms with Crippen molar-refractivity contribution >= 4 is 21.7 Å². The van der Waals surface area contributed by atoms with Crippen LogP contribution in [-0.4, -0.2) is 23.8 Å². The summed E-state index contributed by atoms with van der Waals surface area (Å²) in [5, 5.41) is 0. The van der Waals surface area contributed by atoms with E-state index >= 15 is 0 Å². The molecule has 1 aliphatic carbocycles. The summed E-state index contributed by atoms with van der Waals surface area (Å²) in [5.74, 6) is 1.65. The molecular formula is C14H15BrO3. The van der Waals surface area contributed by atoms with Crippen molar-refractivity contribution in [2.24, 2.45) is 0 Å². The maximum atomic E-state index is 12.3. The van der Waals surface area contributed by atoms with Gasteiger partial charge in [0.2, 0.25) is 0 Å². The molecule has 0 N–H and O–H groups in total. The van der Waals surface area contributed by atoms with Crippen molar-refractivity contribution in [2.45, 2.75) is 30.5 Å². The third-order valence-corrected chi connectivity index (χ3v) is 4.35. The number of carbonyl (C=O) groups excluding carboxylic acids is 1. The number of rotatable bonds is 0. The molecule has 0 radical (unpaired) electrons. The van der Waals surface area contributed by atoms with E-state index in [-0.39, 0.29) is 10.6 Å². The number of alkyl halides is 1. The van der Waals surface area contributed by atoms with E-state index in [2.05, 4.69) is 15.9 Å². The van der Waals surface area contributed by atoms with Gasteiger partial charge in [-0.25, -0.2) is 0 Å². The minimum atomic E-state index is -0.0703. The zero-order valence-electron chi connectivity index (χ0n) is 10.1. The van der Waals surface area contributed by atoms with Gasteiger partial charge >= 0.3 is 0 Å². The molecule has 1 aromatic rings. The summed E-state index contributed by atoms with van der Waals surface area (Å²) in [6.45, 7) is 1.14. The monoisotopic (exact) mass is 310 g/mol. The van der Waals surface area contributed by atoms with Crippen LogP contribution in [0.15, 0.2) is 12.1 Å². The van der Waals surface area contributed by atoms with E-state index in [0.29, 0.717) is 19.0 Å². The summed E-state index contributed by atoms with van der Waals surface area (Å²) in [4.78, 5) is 12.3. The number of Topliss-reactive ketones (excluding diaryl/α,β-unsaturated/α-hetero) is 1. The van der Waals surface area contributed by atoms with Crippen molar-refractivity contribution in [3.63, 3.8) is 0 Å². The second-order valence-electron chi connectivity index (χ2n) is 4.73. The molecule has 3 nitrogen and oxygen atoms in total. The number of ketones is 1. The molecule has 0 fully saturated rings. The van der Waals surface area contributed by atoms with Crippen LogP contribution in [0.1, 0.15) is 35.2 Å². The van der Waals surface area contributed by atoms with Gasteiger partial charge in [0, 0.05) is 5.56 Å². The highest BCUT2D eigenvalue weighted by atomic mass is 79.9. The molecule has 0 aromatic heterocycles. The maximum absolute atomic E-state index is 12.3. The smallest absolute Gasteiger partial charge is 0.176 e. The first-order valence-electron chi connectivity index (χ1n) is 6.36. The van der Waals surface area contributed by atoms with Crippen molar-refractivity contribution in [1.29, 1.82) is 0 Å². The third kappa shape index (κ3) is 2.14. The molecule has 18 heavy (non-hydrogen) atoms. The summed E-state index contributed by atoms with van der Waals surface area (Å²) < 4.78 is 11.1. The van der Waals surface area contributed by atoms with Crippen molar-refractivity contribution in [1.82, 2.24) is 0 Å². The predicted octanol–water partition coefficient (Wildman–Crippen LogP) is 3.13. The van der Waals surface area contributed by atoms with Crippen LogP contribution in [0.5, 0.6) is 11.5 Å². The predicted molar refractivity (Wildman–Crippen MR) is 72.0 cm³/mol. The Morgan fingerprint density at radius 3 is 2.61 bits per heavy atom. The molecule has 2 aliphatic rings. The summed E-state index contributed by atoms with van der Waals surface area (Å²) in [5.41, 5.74) is 1.88. The molecule has 4 heteroatoms. The largest absolute Gasteiger partial charge is 0.486 e. The van der Waals surface area contributed by atoms with E-state index in [4.69, 9.17) is 9.47 Å². The van der Waals surface area contributed by atoms with E-state index in [1.807, 2.05) is 12.1 Å². The lowest BCUT2D eigenvalue weighted by atomic mass is 9.92. The lowest BCUT2D eigenvalue weighted by molar-refractivity contribution is 0.0983. The van der Waals surface area contributed by atoms with Gasteiger partial charge in [0.05, 0.1) is 4.83 Å². The van der Waals surface area contributed by atoms with Gasteiger partial charge in [-0.3, -0.25) is 4.79 Å². The Morgan fingerprint density at radius 1 is 1.11 bits per heavy atom. The van der Waals surface area contributed by atoms with Crippen LogP contribution in [0.3, 0.4) is 0 Å². The van der Waals surface area contributed by atoms with Crippen molar-refractivity contribution in [3.05, 3.63) is 23.3 Å². The quantitative estimate of drug-likeness (QED) is 0.691. The number of hydrogen-bond donors (Lipinski definition) is 0. The molecule has 1 aromatic carbocycles. The Bertz CT molecular complexity index is 484. The normalized spacial score (nSPS) is 22.9. The molecule has 1 heterocycles. The van der Waals surface area contributed by atoms with E-state index in [0.717, 1.165) is 42.6 Å². The SMILES string of the molecule is O=C1c2cc3c(cc2CCCCC1Br)OCCO3. The van der Waals surface area contributed by atoms with Crippen molar-refractivity contribution in [3.8, 4) is 11.5 Å². The summed E-state index contributed by atoms with van der Waals surface area (Å²) >= 11 is 3.48. The molecule has 1 atom stereocenters. The number of aryl methyl sites for hydroxylation is 1. The van der Waals surface area contributed by atoms with E-state index in [1.165, 1.54) is 0 Å². The van der Waals surface area contributed by atoms with Crippen LogP contribution < -0.4 is 9.47 Å². The highest BCUT2D eigenvalue weighted by Gasteiger charge is 2.25. The van der Waals surface area contributed by atoms with Crippen molar-refractivity contribution < 1.29 is 14.3 Å². The average Bonchev–Trinajstić information content (AvgIpc) is 2.40. The molecule has 3 rings (SSSR count). The molecule has 96 valence electrons. The summed E-state index contributed by atoms with van der Waals surface area (Å²) in [7, 11) is 0. The van der Waals surface area contributed by atoms with E-state index in [1.54, 1.807) is 0 Å². The number of carbonyl (C=O) groups is 1. The summed E-state index contributed by atoms with van der Waals surface area (Å²) in [6.07, 6.45) is 4.04. The second kappa shape index (κ2) is 4.92. The fourth-order valence-corrected chi connectivity index (χ4v) is 3.08. The van der Waals surface area contributed by atoms with Crippen LogP contribution in [0, 0.1) is 0 Å². The maximum Gasteiger partial charge on any atom is 0.176 e. The van der Waals surface area contributed by atoms with Crippen molar-refractivity contribution in [2.75, 3.05) is 13.2 Å². The van der Waals surface area contributed by atoms with Gasteiger partial charge < -0.3 is 9.47 Å². The first kappa shape index (κ1) is 12.0. The standard InChI is InChI=1S/C14H15BrO3/c15-11-4-2-1-3-9-7-12-13(18-6-5-17-12)8-10(9)14(11)16/h7-8,11H,1-6H2. The number of halogens is 1. The molecule has 0 amide bonds. The second-order valence-corrected chi connectivity index (χ2v) is 5.84. The van der Waals surface area contributed by atoms with E-state index < -0.39 is 0 Å².